The van der Waals surface area contributed by atoms with Gasteiger partial charge in [0.25, 0.3) is 5.91 Å². The number of hydrogen-bond acceptors (Lipinski definition) is 7. The van der Waals surface area contributed by atoms with E-state index in [2.05, 4.69) is 27.8 Å². The van der Waals surface area contributed by atoms with Gasteiger partial charge in [-0.2, -0.15) is 4.31 Å². The molecule has 1 unspecified atom stereocenters. The number of hydrogen-bond donors (Lipinski definition) is 4. The maximum Gasteiger partial charge on any atom is 0.315 e. The summed E-state index contributed by atoms with van der Waals surface area (Å²) in [6.07, 6.45) is 2.14. The average Bonchev–Trinajstić information content (AvgIpc) is 3.34. The van der Waals surface area contributed by atoms with Crippen molar-refractivity contribution in [2.75, 3.05) is 26.7 Å². The Morgan fingerprint density at radius 2 is 1.66 bits per heavy atom. The van der Waals surface area contributed by atoms with E-state index in [1.807, 2.05) is 20.8 Å². The van der Waals surface area contributed by atoms with Crippen LogP contribution < -0.4 is 21.3 Å². The predicted molar refractivity (Wildman–Crippen MR) is 196 cm³/mol. The second-order valence-electron chi connectivity index (χ2n) is 16.8. The van der Waals surface area contributed by atoms with E-state index in [0.717, 1.165) is 16.4 Å². The van der Waals surface area contributed by atoms with Crippen molar-refractivity contribution in [2.45, 2.75) is 104 Å². The Labute approximate surface area is 312 Å². The number of piperidine rings is 1. The lowest BCUT2D eigenvalue weighted by Crippen LogP contribution is -2.62. The fourth-order valence-corrected chi connectivity index (χ4v) is 8.15. The number of urea groups is 1. The highest BCUT2D eigenvalue weighted by Gasteiger charge is 2.70. The van der Waals surface area contributed by atoms with Crippen molar-refractivity contribution in [1.29, 1.82) is 0 Å². The lowest BCUT2D eigenvalue weighted by Gasteiger charge is -2.39. The van der Waals surface area contributed by atoms with E-state index in [1.54, 1.807) is 41.5 Å². The number of carbonyl (C=O) groups is 5. The zero-order valence-corrected chi connectivity index (χ0v) is 33.2. The minimum absolute atomic E-state index is 0.0124. The Balaban J connectivity index is 1.84. The molecule has 16 heteroatoms. The molecular weight excluding hydrogens is 711 g/mol. The summed E-state index contributed by atoms with van der Waals surface area (Å²) in [4.78, 5) is 68.3. The van der Waals surface area contributed by atoms with Gasteiger partial charge in [-0.3, -0.25) is 19.2 Å². The summed E-state index contributed by atoms with van der Waals surface area (Å²) in [5.74, 6) is -5.15. The first-order valence-electron chi connectivity index (χ1n) is 17.8. The quantitative estimate of drug-likeness (QED) is 0.157. The monoisotopic (exact) mass is 766 g/mol. The van der Waals surface area contributed by atoms with Crippen LogP contribution >= 0.6 is 0 Å². The third-order valence-corrected chi connectivity index (χ3v) is 12.2. The SMILES string of the molecule is C=CCNC(=O)C(=O)C(CCC)NC(=O)[C@@H]1[C@@H]2[C@H](CN1C(=O)[C@@H](NC(=O)N[C@H](CN(C)S(=O)(=O)c1ccc(F)cc1F)C(C)(C)C)C(C)(C)C)C2(C)C. The molecule has 53 heavy (non-hydrogen) atoms. The van der Waals surface area contributed by atoms with E-state index in [1.165, 1.54) is 18.0 Å². The molecule has 6 atom stereocenters. The second-order valence-corrected chi connectivity index (χ2v) is 18.8. The maximum absolute atomic E-state index is 14.5. The summed E-state index contributed by atoms with van der Waals surface area (Å²) in [6.45, 7) is 19.9. The number of likely N-dealkylation sites (N-methyl/N-ethyl adjacent to an activating group) is 1. The van der Waals surface area contributed by atoms with Crippen molar-refractivity contribution in [2.24, 2.45) is 28.1 Å². The minimum Gasteiger partial charge on any atom is -0.346 e. The summed E-state index contributed by atoms with van der Waals surface area (Å²) < 4.78 is 55.3. The third kappa shape index (κ3) is 9.80. The molecule has 4 N–H and O–H groups in total. The van der Waals surface area contributed by atoms with Gasteiger partial charge in [0.2, 0.25) is 27.6 Å². The summed E-state index contributed by atoms with van der Waals surface area (Å²) >= 11 is 0. The normalized spacial score (nSPS) is 21.2. The van der Waals surface area contributed by atoms with E-state index >= 15 is 0 Å². The summed E-state index contributed by atoms with van der Waals surface area (Å²) in [5, 5.41) is 10.7. The fraction of sp³-hybridized carbons (Fsp3) is 0.649. The molecule has 1 saturated heterocycles. The number of amides is 5. The lowest BCUT2D eigenvalue weighted by molar-refractivity contribution is -0.145. The molecule has 1 saturated carbocycles. The van der Waals surface area contributed by atoms with Gasteiger partial charge in [0.05, 0.1) is 6.04 Å². The van der Waals surface area contributed by atoms with Crippen LogP contribution in [0.1, 0.15) is 75.2 Å². The number of nitrogens with zero attached hydrogens (tertiary/aromatic N) is 2. The van der Waals surface area contributed by atoms with E-state index in [-0.39, 0.29) is 43.3 Å². The molecule has 1 aliphatic carbocycles. The Hall–Kier alpha value is -3.92. The zero-order chi connectivity index (χ0) is 40.4. The fourth-order valence-electron chi connectivity index (χ4n) is 6.93. The van der Waals surface area contributed by atoms with Crippen LogP contribution in [0.15, 0.2) is 35.7 Å². The van der Waals surface area contributed by atoms with Crippen molar-refractivity contribution >= 4 is 39.6 Å². The molecule has 1 aliphatic heterocycles. The van der Waals surface area contributed by atoms with Gasteiger partial charge < -0.3 is 26.2 Å². The molecule has 296 valence electrons. The standard InChI is InChI=1S/C37H56F2N6O7S/c1-12-14-24(29(46)32(48)40-17-13-2)41-31(47)28-27-22(37(27,9)10)19-45(28)33(49)30(36(6,7)8)43-34(50)42-26(35(3,4)5)20-44(11)53(51,52)25-16-15-21(38)18-23(25)39/h13,15-16,18,22,24,26-28,30H,2,12,14,17,19-20H2,1,3-11H3,(H,40,48)(H,41,47)(H2,42,43,50)/t22-,24?,26+,27-,28-,30+/m0/s1. The highest BCUT2D eigenvalue weighted by atomic mass is 32.2. The molecule has 3 rings (SSSR count). The number of fused-ring (bicyclic) bond motifs is 1. The van der Waals surface area contributed by atoms with Crippen LogP contribution in [-0.2, 0) is 29.2 Å². The Bertz CT molecular complexity index is 1710. The minimum atomic E-state index is -4.43. The first-order valence-corrected chi connectivity index (χ1v) is 19.3. The summed E-state index contributed by atoms with van der Waals surface area (Å²) in [6, 6.07) is -2.69. The number of nitrogens with one attached hydrogen (secondary N) is 4. The molecule has 5 amide bonds. The number of rotatable bonds is 15. The molecule has 0 aromatic heterocycles. The molecule has 2 fully saturated rings. The number of benzene rings is 1. The van der Waals surface area contributed by atoms with Crippen LogP contribution in [0.5, 0.6) is 0 Å². The van der Waals surface area contributed by atoms with Crippen LogP contribution in [0.4, 0.5) is 13.6 Å². The van der Waals surface area contributed by atoms with Gasteiger partial charge in [0.1, 0.15) is 28.6 Å². The largest absolute Gasteiger partial charge is 0.346 e. The van der Waals surface area contributed by atoms with E-state index < -0.39 is 91.1 Å². The predicted octanol–water partition coefficient (Wildman–Crippen LogP) is 3.35. The van der Waals surface area contributed by atoms with Crippen molar-refractivity contribution in [3.8, 4) is 0 Å². The number of sulfonamides is 1. The zero-order valence-electron chi connectivity index (χ0n) is 32.4. The van der Waals surface area contributed by atoms with Crippen molar-refractivity contribution in [3.05, 3.63) is 42.5 Å². The van der Waals surface area contributed by atoms with E-state index in [4.69, 9.17) is 0 Å². The Morgan fingerprint density at radius 3 is 2.19 bits per heavy atom. The Morgan fingerprint density at radius 1 is 1.04 bits per heavy atom. The van der Waals surface area contributed by atoms with Gasteiger partial charge in [-0.05, 0) is 46.6 Å². The Kier molecular flexibility index (Phi) is 13.3. The molecule has 1 aromatic carbocycles. The van der Waals surface area contributed by atoms with Gasteiger partial charge >= 0.3 is 6.03 Å². The molecule has 1 aromatic rings. The van der Waals surface area contributed by atoms with Crippen LogP contribution in [-0.4, -0.2) is 98.0 Å². The van der Waals surface area contributed by atoms with Crippen LogP contribution in [0, 0.1) is 39.7 Å². The van der Waals surface area contributed by atoms with Gasteiger partial charge in [-0.15, -0.1) is 6.58 Å². The van der Waals surface area contributed by atoms with Crippen LogP contribution in [0.3, 0.4) is 0 Å². The molecular formula is C37H56F2N6O7S. The maximum atomic E-state index is 14.5. The highest BCUT2D eigenvalue weighted by molar-refractivity contribution is 7.89. The highest BCUT2D eigenvalue weighted by Crippen LogP contribution is 2.65. The average molecular weight is 767 g/mol. The first-order chi connectivity index (χ1) is 24.3. The molecule has 0 bridgehead atoms. The lowest BCUT2D eigenvalue weighted by atomic mass is 9.85. The van der Waals surface area contributed by atoms with E-state index in [9.17, 15) is 41.2 Å². The number of ketones is 1. The smallest absolute Gasteiger partial charge is 0.315 e. The van der Waals surface area contributed by atoms with Crippen molar-refractivity contribution in [1.82, 2.24) is 30.5 Å². The van der Waals surface area contributed by atoms with Gasteiger partial charge in [0, 0.05) is 38.8 Å². The number of carbonyl (C=O) groups excluding carboxylic acids is 5. The second kappa shape index (κ2) is 16.2. The topological polar surface area (TPSA) is 174 Å². The number of halogens is 2. The number of likely N-dealkylation sites (tertiary alicyclic amines) is 1. The molecule has 0 radical (unpaired) electrons. The molecule has 1 heterocycles. The van der Waals surface area contributed by atoms with Gasteiger partial charge in [-0.25, -0.2) is 22.0 Å². The van der Waals surface area contributed by atoms with Crippen molar-refractivity contribution in [3.63, 3.8) is 0 Å². The summed E-state index contributed by atoms with van der Waals surface area (Å²) in [5.41, 5.74) is -1.86. The molecule has 2 aliphatic rings. The summed E-state index contributed by atoms with van der Waals surface area (Å²) in [7, 11) is -3.21. The molecule has 13 nitrogen and oxygen atoms in total. The number of Topliss-reactive ketones (excluding diaryl/α,β-unsaturated/α-hetero) is 1. The van der Waals surface area contributed by atoms with Gasteiger partial charge in [0.15, 0.2) is 0 Å². The molecule has 0 spiro atoms. The van der Waals surface area contributed by atoms with Crippen molar-refractivity contribution < 1.29 is 41.2 Å². The van der Waals surface area contributed by atoms with Crippen LogP contribution in [0.25, 0.3) is 0 Å². The van der Waals surface area contributed by atoms with E-state index in [0.29, 0.717) is 12.5 Å². The van der Waals surface area contributed by atoms with Gasteiger partial charge in [-0.1, -0.05) is 74.8 Å². The third-order valence-electron chi connectivity index (χ3n) is 10.4. The van der Waals surface area contributed by atoms with Crippen LogP contribution in [0.2, 0.25) is 0 Å². The first kappa shape index (κ1) is 43.5.